The van der Waals surface area contributed by atoms with Gasteiger partial charge in [0.2, 0.25) is 5.91 Å². The lowest BCUT2D eigenvalue weighted by molar-refractivity contribution is -0.134. The van der Waals surface area contributed by atoms with Gasteiger partial charge in [0.05, 0.1) is 30.4 Å². The molecule has 3 rings (SSSR count). The van der Waals surface area contributed by atoms with Gasteiger partial charge < -0.3 is 9.64 Å². The van der Waals surface area contributed by atoms with Crippen molar-refractivity contribution in [3.63, 3.8) is 0 Å². The number of benzene rings is 1. The van der Waals surface area contributed by atoms with Crippen molar-refractivity contribution in [2.45, 2.75) is 23.1 Å². The Hall–Kier alpha value is -1.73. The predicted molar refractivity (Wildman–Crippen MR) is 113 cm³/mol. The number of thiazole rings is 1. The molecule has 2 aromatic rings. The van der Waals surface area contributed by atoms with Crippen LogP contribution in [0.3, 0.4) is 0 Å². The summed E-state index contributed by atoms with van der Waals surface area (Å²) >= 11 is 7.01. The molecule has 9 nitrogen and oxygen atoms in total. The Labute approximate surface area is 184 Å². The van der Waals surface area contributed by atoms with Crippen molar-refractivity contribution in [1.82, 2.24) is 9.88 Å². The molecule has 0 spiro atoms. The minimum absolute atomic E-state index is 0.0375. The number of halogens is 1. The lowest BCUT2D eigenvalue weighted by Crippen LogP contribution is -2.41. The molecule has 1 amide bonds. The van der Waals surface area contributed by atoms with Gasteiger partial charge in [-0.25, -0.2) is 21.8 Å². The summed E-state index contributed by atoms with van der Waals surface area (Å²) in [5.41, 5.74) is 0.462. The zero-order valence-corrected chi connectivity index (χ0v) is 19.4. The largest absolute Gasteiger partial charge is 0.378 e. The highest BCUT2D eigenvalue weighted by atomic mass is 35.5. The molecule has 0 radical (unpaired) electrons. The number of aryl methyl sites for hydroxylation is 1. The molecule has 1 aromatic carbocycles. The smallest absolute Gasteiger partial charge is 0.265 e. The molecule has 1 aromatic heterocycles. The standard InChI is InChI=1S/C17H20ClN3O6S3/c1-11-13(10-15(22)21-6-8-27-9-7-21)19-17(28-11)20-30(25,26)14-5-3-4-12(18)16(14)29(2,23)24/h3-5H,6-10H2,1-2H3,(H,19,20). The average Bonchev–Trinajstić information content (AvgIpc) is 2.99. The van der Waals surface area contributed by atoms with E-state index in [4.69, 9.17) is 16.3 Å². The number of nitrogens with one attached hydrogen (secondary N) is 1. The molecular formula is C17H20ClN3O6S3. The van der Waals surface area contributed by atoms with Gasteiger partial charge in [0.1, 0.15) is 9.79 Å². The van der Waals surface area contributed by atoms with E-state index < -0.39 is 29.7 Å². The molecule has 0 atom stereocenters. The highest BCUT2D eigenvalue weighted by Gasteiger charge is 2.28. The highest BCUT2D eigenvalue weighted by Crippen LogP contribution is 2.31. The number of morpholine rings is 1. The summed E-state index contributed by atoms with van der Waals surface area (Å²) in [4.78, 5) is 18.1. The molecule has 30 heavy (non-hydrogen) atoms. The number of nitrogens with zero attached hydrogens (tertiary/aromatic N) is 2. The third-order valence-electron chi connectivity index (χ3n) is 4.39. The van der Waals surface area contributed by atoms with Crippen LogP contribution < -0.4 is 4.72 Å². The molecular weight excluding hydrogens is 474 g/mol. The highest BCUT2D eigenvalue weighted by molar-refractivity contribution is 7.95. The predicted octanol–water partition coefficient (Wildman–Crippen LogP) is 1.71. The quantitative estimate of drug-likeness (QED) is 0.649. The van der Waals surface area contributed by atoms with Crippen molar-refractivity contribution in [3.05, 3.63) is 33.8 Å². The molecule has 1 saturated heterocycles. The van der Waals surface area contributed by atoms with E-state index >= 15 is 0 Å². The maximum Gasteiger partial charge on any atom is 0.265 e. The van der Waals surface area contributed by atoms with E-state index in [1.165, 1.54) is 12.1 Å². The van der Waals surface area contributed by atoms with Gasteiger partial charge in [-0.2, -0.15) is 0 Å². The third kappa shape index (κ3) is 5.11. The number of sulfone groups is 1. The first-order valence-electron chi connectivity index (χ1n) is 8.82. The number of ether oxygens (including phenoxy) is 1. The van der Waals surface area contributed by atoms with E-state index in [9.17, 15) is 21.6 Å². The van der Waals surface area contributed by atoms with Crippen LogP contribution in [0.1, 0.15) is 10.6 Å². The van der Waals surface area contributed by atoms with Crippen molar-refractivity contribution in [1.29, 1.82) is 0 Å². The van der Waals surface area contributed by atoms with E-state index in [1.807, 2.05) is 0 Å². The Kier molecular flexibility index (Phi) is 6.72. The molecule has 2 heterocycles. The molecule has 1 N–H and O–H groups in total. The van der Waals surface area contributed by atoms with Gasteiger partial charge in [0, 0.05) is 24.2 Å². The summed E-state index contributed by atoms with van der Waals surface area (Å²) < 4.78 is 57.4. The fourth-order valence-corrected chi connectivity index (χ4v) is 7.40. The monoisotopic (exact) mass is 493 g/mol. The van der Waals surface area contributed by atoms with Gasteiger partial charge in [-0.1, -0.05) is 17.7 Å². The number of anilines is 1. The Morgan fingerprint density at radius 3 is 2.57 bits per heavy atom. The average molecular weight is 494 g/mol. The van der Waals surface area contributed by atoms with Crippen LogP contribution in [-0.4, -0.2) is 65.2 Å². The van der Waals surface area contributed by atoms with Gasteiger partial charge in [-0.15, -0.1) is 11.3 Å². The van der Waals surface area contributed by atoms with Crippen molar-refractivity contribution in [3.8, 4) is 0 Å². The van der Waals surface area contributed by atoms with Crippen molar-refractivity contribution < 1.29 is 26.4 Å². The van der Waals surface area contributed by atoms with Crippen molar-refractivity contribution in [2.24, 2.45) is 0 Å². The van der Waals surface area contributed by atoms with Crippen molar-refractivity contribution >= 4 is 53.8 Å². The van der Waals surface area contributed by atoms with Gasteiger partial charge in [-0.3, -0.25) is 9.52 Å². The number of sulfonamides is 1. The topological polar surface area (TPSA) is 123 Å². The van der Waals surface area contributed by atoms with Crippen LogP contribution in [-0.2, 0) is 35.8 Å². The van der Waals surface area contributed by atoms with Crippen molar-refractivity contribution in [2.75, 3.05) is 37.3 Å². The van der Waals surface area contributed by atoms with E-state index in [2.05, 4.69) is 9.71 Å². The number of carbonyl (C=O) groups excluding carboxylic acids is 1. The SMILES string of the molecule is Cc1sc(NS(=O)(=O)c2cccc(Cl)c2S(C)(=O)=O)nc1CC(=O)N1CCOCC1. The van der Waals surface area contributed by atoms with Crippen LogP contribution in [0.2, 0.25) is 5.02 Å². The summed E-state index contributed by atoms with van der Waals surface area (Å²) in [6, 6.07) is 3.82. The maximum atomic E-state index is 12.9. The fourth-order valence-electron chi connectivity index (χ4n) is 2.93. The molecule has 1 aliphatic rings. The van der Waals surface area contributed by atoms with Crippen LogP contribution in [0.5, 0.6) is 0 Å². The normalized spacial score (nSPS) is 15.2. The molecule has 0 aliphatic carbocycles. The first kappa shape index (κ1) is 22.9. The fraction of sp³-hybridized carbons (Fsp3) is 0.412. The summed E-state index contributed by atoms with van der Waals surface area (Å²) in [5.74, 6) is -0.115. The van der Waals surface area contributed by atoms with Gasteiger partial charge >= 0.3 is 0 Å². The zero-order valence-electron chi connectivity index (χ0n) is 16.2. The summed E-state index contributed by atoms with van der Waals surface area (Å²) in [5, 5.41) is -0.149. The minimum Gasteiger partial charge on any atom is -0.378 e. The van der Waals surface area contributed by atoms with E-state index in [1.54, 1.807) is 11.8 Å². The third-order valence-corrected chi connectivity index (χ3v) is 8.56. The Bertz CT molecular complexity index is 1170. The van der Waals surface area contributed by atoms with Crippen LogP contribution in [0.4, 0.5) is 5.13 Å². The first-order chi connectivity index (χ1) is 14.0. The Balaban J connectivity index is 1.85. The van der Waals surface area contributed by atoms with Gasteiger partial charge in [0.15, 0.2) is 15.0 Å². The van der Waals surface area contributed by atoms with Crippen LogP contribution in [0.25, 0.3) is 0 Å². The van der Waals surface area contributed by atoms with Crippen LogP contribution >= 0.6 is 22.9 Å². The Morgan fingerprint density at radius 2 is 1.93 bits per heavy atom. The number of hydrogen-bond donors (Lipinski definition) is 1. The summed E-state index contributed by atoms with van der Waals surface area (Å²) in [6.45, 7) is 3.71. The van der Waals surface area contributed by atoms with Gasteiger partial charge in [0.25, 0.3) is 10.0 Å². The molecule has 13 heteroatoms. The lowest BCUT2D eigenvalue weighted by atomic mass is 10.2. The second kappa shape index (κ2) is 8.79. The molecule has 1 aliphatic heterocycles. The number of carbonyl (C=O) groups is 1. The first-order valence-corrected chi connectivity index (χ1v) is 13.4. The molecule has 1 fully saturated rings. The Morgan fingerprint density at radius 1 is 1.27 bits per heavy atom. The van der Waals surface area contributed by atoms with Crippen LogP contribution in [0, 0.1) is 6.92 Å². The second-order valence-electron chi connectivity index (χ2n) is 6.64. The van der Waals surface area contributed by atoms with E-state index in [-0.39, 0.29) is 22.5 Å². The molecule has 0 unspecified atom stereocenters. The second-order valence-corrected chi connectivity index (χ2v) is 11.9. The number of aromatic nitrogens is 1. The summed E-state index contributed by atoms with van der Waals surface area (Å²) in [6.07, 6.45) is 0.923. The maximum absolute atomic E-state index is 12.9. The molecule has 0 saturated carbocycles. The zero-order chi connectivity index (χ0) is 22.1. The van der Waals surface area contributed by atoms with Crippen LogP contribution in [0.15, 0.2) is 28.0 Å². The number of amides is 1. The molecule has 0 bridgehead atoms. The minimum atomic E-state index is -4.28. The number of rotatable bonds is 6. The molecule has 164 valence electrons. The van der Waals surface area contributed by atoms with Gasteiger partial charge in [-0.05, 0) is 19.1 Å². The summed E-state index contributed by atoms with van der Waals surface area (Å²) in [7, 11) is -8.18. The van der Waals surface area contributed by atoms with E-state index in [0.717, 1.165) is 23.7 Å². The number of hydrogen-bond acceptors (Lipinski definition) is 8. The van der Waals surface area contributed by atoms with E-state index in [0.29, 0.717) is 36.9 Å². The lowest BCUT2D eigenvalue weighted by Gasteiger charge is -2.26.